The van der Waals surface area contributed by atoms with Gasteiger partial charge in [0.2, 0.25) is 12.3 Å². The number of aryl methyl sites for hydroxylation is 1. The van der Waals surface area contributed by atoms with E-state index in [2.05, 4.69) is 41.6 Å². The summed E-state index contributed by atoms with van der Waals surface area (Å²) in [6, 6.07) is 8.05. The predicted molar refractivity (Wildman–Crippen MR) is 154 cm³/mol. The molecule has 214 valence electrons. The molecule has 4 rings (SSSR count). The minimum Gasteiger partial charge on any atom is -0.372 e. The Morgan fingerprint density at radius 2 is 1.82 bits per heavy atom. The van der Waals surface area contributed by atoms with Crippen LogP contribution < -0.4 is 27.8 Å². The monoisotopic (exact) mass is 540 g/mol. The van der Waals surface area contributed by atoms with E-state index >= 15 is 0 Å². The van der Waals surface area contributed by atoms with Crippen LogP contribution in [0.25, 0.3) is 5.69 Å². The maximum absolute atomic E-state index is 12.9. The van der Waals surface area contributed by atoms with Crippen LogP contribution in [0.2, 0.25) is 0 Å². The lowest BCUT2D eigenvalue weighted by Crippen LogP contribution is -2.57. The lowest BCUT2D eigenvalue weighted by atomic mass is 9.90. The Bertz CT molecular complexity index is 1200. The normalized spacial score (nSPS) is 19.9. The molecule has 1 atom stereocenters. The molecule has 2 aromatic rings. The molecule has 11 heteroatoms. The summed E-state index contributed by atoms with van der Waals surface area (Å²) in [5.41, 5.74) is 18.4. The Morgan fingerprint density at radius 3 is 2.36 bits per heavy atom. The van der Waals surface area contributed by atoms with Gasteiger partial charge in [0.15, 0.2) is 0 Å². The van der Waals surface area contributed by atoms with Gasteiger partial charge in [-0.25, -0.2) is 4.79 Å². The highest BCUT2D eigenvalue weighted by Crippen LogP contribution is 2.28. The van der Waals surface area contributed by atoms with E-state index in [-0.39, 0.29) is 23.4 Å². The highest BCUT2D eigenvalue weighted by atomic mass is 16.2. The fraction of sp³-hybridized carbons (Fsp3) is 0.571. The van der Waals surface area contributed by atoms with Crippen LogP contribution in [-0.4, -0.2) is 89.6 Å². The Morgan fingerprint density at radius 1 is 1.15 bits per heavy atom. The third-order valence-electron chi connectivity index (χ3n) is 7.66. The van der Waals surface area contributed by atoms with Crippen LogP contribution in [0, 0.1) is 12.3 Å². The molecule has 2 aliphatic rings. The molecule has 6 N–H and O–H groups in total. The number of aromatic nitrogens is 2. The maximum atomic E-state index is 12.9. The number of piperazine rings is 1. The van der Waals surface area contributed by atoms with Gasteiger partial charge in [-0.3, -0.25) is 14.2 Å². The first-order chi connectivity index (χ1) is 18.4. The summed E-state index contributed by atoms with van der Waals surface area (Å²) in [5.74, 6) is 0.581. The third kappa shape index (κ3) is 7.65. The van der Waals surface area contributed by atoms with Crippen LogP contribution in [0.5, 0.6) is 0 Å². The van der Waals surface area contributed by atoms with Gasteiger partial charge in [0.25, 0.3) is 0 Å². The minimum atomic E-state index is -0.880. The van der Waals surface area contributed by atoms with Gasteiger partial charge in [-0.2, -0.15) is 4.98 Å². The number of carbonyl (C=O) groups excluding carboxylic acids is 2. The number of anilines is 1. The average molecular weight is 541 g/mol. The van der Waals surface area contributed by atoms with E-state index in [0.717, 1.165) is 44.7 Å². The van der Waals surface area contributed by atoms with Crippen molar-refractivity contribution in [2.45, 2.75) is 46.1 Å². The Hall–Kier alpha value is -3.28. The zero-order valence-corrected chi connectivity index (χ0v) is 23.7. The standard InChI is InChI=1S/C27H41N7O2.CH3NO/c1-20-17-22(6-5-21(20)7-10-31-12-9-27(4,18-28)19-31)34-11-8-23(30-25(34)36)32-13-15-33(16-14-32)24(35)26(2,3)29;2-1-3/h5-6,8,11,17H,7,9-10,12-16,18-19,28-29H2,1-4H3;1H,(H2,2,3). The number of likely N-dealkylation sites (tertiary alicyclic amines) is 1. The maximum Gasteiger partial charge on any atom is 0.354 e. The van der Waals surface area contributed by atoms with Crippen molar-refractivity contribution in [3.05, 3.63) is 52.1 Å². The van der Waals surface area contributed by atoms with E-state index in [4.69, 9.17) is 16.3 Å². The van der Waals surface area contributed by atoms with Crippen LogP contribution in [0.3, 0.4) is 0 Å². The first-order valence-electron chi connectivity index (χ1n) is 13.5. The molecule has 0 aliphatic carbocycles. The predicted octanol–water partition coefficient (Wildman–Crippen LogP) is 0.242. The number of benzene rings is 1. The third-order valence-corrected chi connectivity index (χ3v) is 7.66. The fourth-order valence-electron chi connectivity index (χ4n) is 5.19. The molecule has 1 unspecified atom stereocenters. The molecule has 2 saturated heterocycles. The van der Waals surface area contributed by atoms with Crippen molar-refractivity contribution in [1.82, 2.24) is 19.4 Å². The molecule has 0 saturated carbocycles. The number of amides is 2. The zero-order chi connectivity index (χ0) is 28.8. The highest BCUT2D eigenvalue weighted by Gasteiger charge is 2.32. The molecule has 3 heterocycles. The van der Waals surface area contributed by atoms with Crippen LogP contribution in [0.15, 0.2) is 35.3 Å². The van der Waals surface area contributed by atoms with Gasteiger partial charge >= 0.3 is 5.69 Å². The largest absolute Gasteiger partial charge is 0.372 e. The van der Waals surface area contributed by atoms with Crippen LogP contribution in [0.4, 0.5) is 5.82 Å². The van der Waals surface area contributed by atoms with Gasteiger partial charge in [0.1, 0.15) is 5.82 Å². The van der Waals surface area contributed by atoms with Gasteiger partial charge in [-0.05, 0) is 81.4 Å². The van der Waals surface area contributed by atoms with Crippen molar-refractivity contribution in [2.24, 2.45) is 22.6 Å². The number of nitrogens with zero attached hydrogens (tertiary/aromatic N) is 5. The van der Waals surface area contributed by atoms with Crippen LogP contribution in [-0.2, 0) is 16.0 Å². The van der Waals surface area contributed by atoms with Gasteiger partial charge in [-0.15, -0.1) is 0 Å². The van der Waals surface area contributed by atoms with Crippen LogP contribution >= 0.6 is 0 Å². The number of carbonyl (C=O) groups is 2. The van der Waals surface area contributed by atoms with Gasteiger partial charge in [0.05, 0.1) is 11.2 Å². The quantitative estimate of drug-likeness (QED) is 0.422. The number of primary amides is 1. The smallest absolute Gasteiger partial charge is 0.354 e. The SMILES string of the molecule is Cc1cc(-n2ccc(N3CCN(C(=O)C(C)(C)N)CC3)nc2=O)ccc1CCN1CCC(C)(CN)C1.NC=O. The van der Waals surface area contributed by atoms with E-state index in [1.807, 2.05) is 17.0 Å². The van der Waals surface area contributed by atoms with E-state index in [1.165, 1.54) is 11.1 Å². The van der Waals surface area contributed by atoms with Crippen molar-refractivity contribution in [1.29, 1.82) is 0 Å². The molecule has 0 bridgehead atoms. The number of rotatable bonds is 7. The summed E-state index contributed by atoms with van der Waals surface area (Å²) in [6.45, 7) is 14.1. The first-order valence-corrected chi connectivity index (χ1v) is 13.5. The number of nitrogens with two attached hydrogens (primary N) is 3. The lowest BCUT2D eigenvalue weighted by Gasteiger charge is -2.37. The van der Waals surface area contributed by atoms with Crippen molar-refractivity contribution < 1.29 is 9.59 Å². The van der Waals surface area contributed by atoms with E-state index in [9.17, 15) is 9.59 Å². The molecule has 2 amide bonds. The van der Waals surface area contributed by atoms with Crippen molar-refractivity contribution >= 4 is 18.1 Å². The summed E-state index contributed by atoms with van der Waals surface area (Å²) in [7, 11) is 0. The Kier molecular flexibility index (Phi) is 9.87. The summed E-state index contributed by atoms with van der Waals surface area (Å²) in [5, 5.41) is 0. The van der Waals surface area contributed by atoms with Crippen LogP contribution in [0.1, 0.15) is 38.3 Å². The second kappa shape index (κ2) is 12.7. The summed E-state index contributed by atoms with van der Waals surface area (Å²) in [6.07, 6.45) is 4.18. The van der Waals surface area contributed by atoms with Gasteiger partial charge in [-0.1, -0.05) is 13.0 Å². The van der Waals surface area contributed by atoms with Crippen molar-refractivity contribution in [3.63, 3.8) is 0 Å². The second-order valence-electron chi connectivity index (χ2n) is 11.5. The number of hydrogen-bond acceptors (Lipinski definition) is 8. The summed E-state index contributed by atoms with van der Waals surface area (Å²) in [4.78, 5) is 44.6. The zero-order valence-electron chi connectivity index (χ0n) is 23.7. The number of hydrogen-bond donors (Lipinski definition) is 3. The van der Waals surface area contributed by atoms with Gasteiger partial charge in [0, 0.05) is 45.5 Å². The van der Waals surface area contributed by atoms with Gasteiger partial charge < -0.3 is 31.9 Å². The lowest BCUT2D eigenvalue weighted by molar-refractivity contribution is -0.136. The molecule has 39 heavy (non-hydrogen) atoms. The van der Waals surface area contributed by atoms with E-state index < -0.39 is 5.54 Å². The second-order valence-corrected chi connectivity index (χ2v) is 11.5. The summed E-state index contributed by atoms with van der Waals surface area (Å²) < 4.78 is 1.59. The molecular weight excluding hydrogens is 496 g/mol. The average Bonchev–Trinajstić information content (AvgIpc) is 3.29. The Labute approximate surface area is 230 Å². The van der Waals surface area contributed by atoms with Crippen molar-refractivity contribution in [2.75, 3.05) is 57.3 Å². The van der Waals surface area contributed by atoms with E-state index in [0.29, 0.717) is 32.0 Å². The topological polar surface area (TPSA) is 157 Å². The molecule has 2 aliphatic heterocycles. The summed E-state index contributed by atoms with van der Waals surface area (Å²) >= 11 is 0. The highest BCUT2D eigenvalue weighted by molar-refractivity contribution is 5.85. The molecule has 0 spiro atoms. The molecule has 1 aromatic heterocycles. The molecule has 0 radical (unpaired) electrons. The molecule has 11 nitrogen and oxygen atoms in total. The molecule has 1 aromatic carbocycles. The fourth-order valence-corrected chi connectivity index (χ4v) is 5.19. The Balaban J connectivity index is 0.00000134. The van der Waals surface area contributed by atoms with Crippen molar-refractivity contribution in [3.8, 4) is 5.69 Å². The van der Waals surface area contributed by atoms with E-state index in [1.54, 1.807) is 29.5 Å². The minimum absolute atomic E-state index is 0.0567. The molecule has 2 fully saturated rings. The molecular formula is C28H44N8O3. The first kappa shape index (κ1) is 30.3.